The monoisotopic (exact) mass is 335 g/mol. The van der Waals surface area contributed by atoms with E-state index in [2.05, 4.69) is 10.6 Å². The van der Waals surface area contributed by atoms with Crippen molar-refractivity contribution in [3.63, 3.8) is 0 Å². The molecule has 5 nitrogen and oxygen atoms in total. The van der Waals surface area contributed by atoms with Gasteiger partial charge in [-0.1, -0.05) is 6.07 Å². The number of carbonyl (C=O) groups excluding carboxylic acids is 2. The highest BCUT2D eigenvalue weighted by molar-refractivity contribution is 7.98. The van der Waals surface area contributed by atoms with Crippen molar-refractivity contribution in [2.75, 3.05) is 17.3 Å². The maximum Gasteiger partial charge on any atom is 0.416 e. The molecule has 1 aromatic carbocycles. The topological polar surface area (TPSA) is 81.3 Å². The fourth-order valence-electron chi connectivity index (χ4n) is 1.58. The maximum absolute atomic E-state index is 12.5. The molecule has 0 saturated heterocycles. The van der Waals surface area contributed by atoms with Crippen LogP contribution in [0.1, 0.15) is 12.0 Å². The van der Waals surface area contributed by atoms with Gasteiger partial charge in [0.2, 0.25) is 0 Å². The predicted molar refractivity (Wildman–Crippen MR) is 75.4 cm³/mol. The van der Waals surface area contributed by atoms with E-state index >= 15 is 0 Å². The summed E-state index contributed by atoms with van der Waals surface area (Å²) in [5.74, 6) is -0.962. The second kappa shape index (κ2) is 7.92. The minimum absolute atomic E-state index is 0.0886. The molecule has 1 rings (SSSR count). The van der Waals surface area contributed by atoms with Gasteiger partial charge in [0.1, 0.15) is 0 Å². The minimum atomic E-state index is -4.53. The van der Waals surface area contributed by atoms with Gasteiger partial charge in [-0.3, -0.25) is 0 Å². The van der Waals surface area contributed by atoms with Crippen molar-refractivity contribution in [3.8, 4) is 0 Å². The Labute approximate surface area is 129 Å². The maximum atomic E-state index is 12.5. The Bertz CT molecular complexity index is 538. The molecule has 0 aromatic heterocycles. The fourth-order valence-corrected chi connectivity index (χ4v) is 2.05. The first kappa shape index (κ1) is 18.1. The summed E-state index contributed by atoms with van der Waals surface area (Å²) in [6, 6.07) is 1.92. The van der Waals surface area contributed by atoms with Gasteiger partial charge >= 0.3 is 12.2 Å². The molecule has 2 N–H and O–H groups in total. The van der Waals surface area contributed by atoms with Gasteiger partial charge in [-0.25, -0.2) is 4.79 Å². The molecule has 0 fully saturated rings. The summed E-state index contributed by atoms with van der Waals surface area (Å²) in [4.78, 5) is 22.5. The average molecular weight is 335 g/mol. The first-order valence-corrected chi connectivity index (χ1v) is 7.58. The summed E-state index contributed by atoms with van der Waals surface area (Å²) < 4.78 is 37.6. The quantitative estimate of drug-likeness (QED) is 0.829. The second-order valence-electron chi connectivity index (χ2n) is 4.33. The summed E-state index contributed by atoms with van der Waals surface area (Å²) in [5, 5.41) is 15.2. The number of amides is 2. The molecular weight excluding hydrogens is 321 g/mol. The van der Waals surface area contributed by atoms with E-state index in [1.54, 1.807) is 6.26 Å². The van der Waals surface area contributed by atoms with Gasteiger partial charge in [0.05, 0.1) is 17.6 Å². The molecule has 0 heterocycles. The largest absolute Gasteiger partial charge is 0.548 e. The van der Waals surface area contributed by atoms with Gasteiger partial charge in [-0.15, -0.1) is 0 Å². The number of anilines is 1. The second-order valence-corrected chi connectivity index (χ2v) is 5.32. The molecule has 122 valence electrons. The number of thioether (sulfide) groups is 1. The van der Waals surface area contributed by atoms with Crippen molar-refractivity contribution in [1.29, 1.82) is 0 Å². The zero-order valence-corrected chi connectivity index (χ0v) is 12.4. The van der Waals surface area contributed by atoms with E-state index < -0.39 is 29.8 Å². The van der Waals surface area contributed by atoms with E-state index in [0.29, 0.717) is 5.75 Å². The highest BCUT2D eigenvalue weighted by atomic mass is 32.2. The summed E-state index contributed by atoms with van der Waals surface area (Å²) in [6.07, 6.45) is -2.60. The van der Waals surface area contributed by atoms with Gasteiger partial charge in [-0.2, -0.15) is 24.9 Å². The number of hydrogen-bond acceptors (Lipinski definition) is 4. The van der Waals surface area contributed by atoms with Crippen LogP contribution in [0.25, 0.3) is 0 Å². The number of alkyl halides is 3. The number of benzene rings is 1. The zero-order chi connectivity index (χ0) is 16.8. The van der Waals surface area contributed by atoms with Crippen LogP contribution in [0.5, 0.6) is 0 Å². The molecule has 0 bridgehead atoms. The first-order chi connectivity index (χ1) is 10.2. The summed E-state index contributed by atoms with van der Waals surface area (Å²) >= 11 is 1.40. The lowest BCUT2D eigenvalue weighted by Gasteiger charge is -2.19. The van der Waals surface area contributed by atoms with Crippen molar-refractivity contribution in [2.24, 2.45) is 0 Å². The van der Waals surface area contributed by atoms with Gasteiger partial charge in [-0.05, 0) is 36.6 Å². The lowest BCUT2D eigenvalue weighted by molar-refractivity contribution is -0.308. The average Bonchev–Trinajstić information content (AvgIpc) is 2.42. The van der Waals surface area contributed by atoms with E-state index in [1.807, 2.05) is 0 Å². The molecule has 0 aliphatic carbocycles. The van der Waals surface area contributed by atoms with Crippen LogP contribution in [-0.2, 0) is 11.0 Å². The van der Waals surface area contributed by atoms with Gasteiger partial charge in [0.25, 0.3) is 0 Å². The molecule has 0 radical (unpaired) electrons. The predicted octanol–water partition coefficient (Wildman–Crippen LogP) is 1.70. The molecule has 1 aromatic rings. The number of urea groups is 1. The van der Waals surface area contributed by atoms with Gasteiger partial charge < -0.3 is 20.5 Å². The van der Waals surface area contributed by atoms with Crippen molar-refractivity contribution >= 4 is 29.4 Å². The van der Waals surface area contributed by atoms with Gasteiger partial charge in [0, 0.05) is 5.69 Å². The number of hydrogen-bond donors (Lipinski definition) is 2. The molecule has 0 unspecified atom stereocenters. The standard InChI is InChI=1S/C13H15F3N2O3S/c1-22-6-5-10(11(19)20)18-12(21)17-9-4-2-3-8(7-9)13(14,15)16/h2-4,7,10H,5-6H2,1H3,(H,19,20)(H2,17,18,21)/p-1/t10-/m0/s1. The van der Waals surface area contributed by atoms with Crippen molar-refractivity contribution in [3.05, 3.63) is 29.8 Å². The first-order valence-electron chi connectivity index (χ1n) is 6.18. The smallest absolute Gasteiger partial charge is 0.416 e. The zero-order valence-electron chi connectivity index (χ0n) is 11.6. The molecule has 0 saturated carbocycles. The Morgan fingerprint density at radius 1 is 1.36 bits per heavy atom. The number of carboxylic acid groups (broad SMARTS) is 1. The molecule has 0 aliphatic heterocycles. The van der Waals surface area contributed by atoms with Crippen molar-refractivity contribution in [2.45, 2.75) is 18.6 Å². The van der Waals surface area contributed by atoms with Crippen molar-refractivity contribution in [1.82, 2.24) is 5.32 Å². The lowest BCUT2D eigenvalue weighted by atomic mass is 10.2. The van der Waals surface area contributed by atoms with E-state index in [-0.39, 0.29) is 12.1 Å². The number of nitrogens with one attached hydrogen (secondary N) is 2. The van der Waals surface area contributed by atoms with E-state index in [1.165, 1.54) is 17.8 Å². The van der Waals surface area contributed by atoms with E-state index in [0.717, 1.165) is 18.2 Å². The summed E-state index contributed by atoms with van der Waals surface area (Å²) in [5.41, 5.74) is -1.00. The number of aliphatic carboxylic acids is 1. The van der Waals surface area contributed by atoms with Gasteiger partial charge in [0.15, 0.2) is 0 Å². The Morgan fingerprint density at radius 3 is 2.59 bits per heavy atom. The molecule has 2 amide bonds. The number of rotatable bonds is 6. The molecule has 22 heavy (non-hydrogen) atoms. The van der Waals surface area contributed by atoms with Crippen LogP contribution in [0.2, 0.25) is 0 Å². The van der Waals surface area contributed by atoms with Crippen LogP contribution in [0.15, 0.2) is 24.3 Å². The fraction of sp³-hybridized carbons (Fsp3) is 0.385. The van der Waals surface area contributed by atoms with E-state index in [4.69, 9.17) is 0 Å². The molecule has 0 spiro atoms. The van der Waals surface area contributed by atoms with Crippen LogP contribution in [0.3, 0.4) is 0 Å². The lowest BCUT2D eigenvalue weighted by Crippen LogP contribution is -2.49. The Morgan fingerprint density at radius 2 is 2.05 bits per heavy atom. The molecule has 9 heteroatoms. The Hall–Kier alpha value is -1.90. The van der Waals surface area contributed by atoms with E-state index in [9.17, 15) is 27.9 Å². The highest BCUT2D eigenvalue weighted by Crippen LogP contribution is 2.30. The summed E-state index contributed by atoms with van der Waals surface area (Å²) in [7, 11) is 0. The molecule has 0 aliphatic rings. The number of carboxylic acids is 1. The Balaban J connectivity index is 2.70. The van der Waals surface area contributed by atoms with Crippen LogP contribution < -0.4 is 15.7 Å². The molecular formula is C13H14F3N2O3S-. The normalized spacial score (nSPS) is 12.5. The van der Waals surface area contributed by atoms with Crippen LogP contribution >= 0.6 is 11.8 Å². The number of carbonyl (C=O) groups is 2. The Kier molecular flexibility index (Phi) is 6.54. The number of halogens is 3. The summed E-state index contributed by atoms with van der Waals surface area (Å²) in [6.45, 7) is 0. The minimum Gasteiger partial charge on any atom is -0.548 e. The van der Waals surface area contributed by atoms with Crippen molar-refractivity contribution < 1.29 is 27.9 Å². The van der Waals surface area contributed by atoms with Crippen LogP contribution in [0.4, 0.5) is 23.7 Å². The van der Waals surface area contributed by atoms with Crippen LogP contribution in [-0.4, -0.2) is 30.1 Å². The highest BCUT2D eigenvalue weighted by Gasteiger charge is 2.30. The third-order valence-corrected chi connectivity index (χ3v) is 3.29. The third kappa shape index (κ3) is 5.84. The SMILES string of the molecule is CSCC[C@H](NC(=O)Nc1cccc(C(F)(F)F)c1)C(=O)[O-]. The van der Waals surface area contributed by atoms with Crippen LogP contribution in [0, 0.1) is 0 Å². The molecule has 1 atom stereocenters. The third-order valence-electron chi connectivity index (χ3n) is 2.65.